The molecule has 3 aromatic carbocycles. The Morgan fingerprint density at radius 3 is 2.38 bits per heavy atom. The highest BCUT2D eigenvalue weighted by atomic mass is 16.4. The molecule has 1 aliphatic rings. The van der Waals surface area contributed by atoms with Crippen LogP contribution in [0, 0.1) is 5.41 Å². The van der Waals surface area contributed by atoms with Crippen LogP contribution in [0.5, 0.6) is 0 Å². The quantitative estimate of drug-likeness (QED) is 0.277. The number of nitrogens with two attached hydrogens (primary N) is 1. The van der Waals surface area contributed by atoms with Gasteiger partial charge in [-0.1, -0.05) is 42.5 Å². The minimum Gasteiger partial charge on any atom is -0.481 e. The van der Waals surface area contributed by atoms with Crippen LogP contribution in [0.25, 0.3) is 0 Å². The molecule has 9 heteroatoms. The highest BCUT2D eigenvalue weighted by Gasteiger charge is 2.34. The summed E-state index contributed by atoms with van der Waals surface area (Å²) in [6.07, 6.45) is 0.323. The standard InChI is InChI=1S/C28H29N5O4/c1-32-23-12-11-22(31-27(36)20-9-7-19(8-10-20)26(29)30)15-21(23)17-33(28(37)24(32)16-25(34)35)14-13-18-5-3-2-4-6-18/h2-12,15,24H,13-14,16-17H2,1H3,(H3,29,30)(H,31,36)(H,34,35). The number of fused-ring (bicyclic) bond motifs is 1. The molecule has 2 amide bonds. The molecular weight excluding hydrogens is 470 g/mol. The van der Waals surface area contributed by atoms with E-state index in [1.807, 2.05) is 36.4 Å². The SMILES string of the molecule is CN1c2ccc(NC(=O)c3ccc(C(=N)N)cc3)cc2CN(CCc2ccccc2)C(=O)C1CC(=O)O. The van der Waals surface area contributed by atoms with Gasteiger partial charge in [0.25, 0.3) is 5.91 Å². The number of hydrogen-bond acceptors (Lipinski definition) is 5. The fourth-order valence-corrected chi connectivity index (χ4v) is 4.45. The first-order chi connectivity index (χ1) is 17.7. The van der Waals surface area contributed by atoms with Crippen molar-refractivity contribution in [1.82, 2.24) is 4.90 Å². The number of carboxylic acids is 1. The van der Waals surface area contributed by atoms with Crippen LogP contribution in [0.15, 0.2) is 72.8 Å². The topological polar surface area (TPSA) is 140 Å². The monoisotopic (exact) mass is 499 g/mol. The lowest BCUT2D eigenvalue weighted by atomic mass is 10.1. The Morgan fingerprint density at radius 1 is 1.05 bits per heavy atom. The molecule has 1 atom stereocenters. The number of anilines is 2. The molecule has 37 heavy (non-hydrogen) atoms. The average molecular weight is 500 g/mol. The third-order valence-electron chi connectivity index (χ3n) is 6.48. The predicted octanol–water partition coefficient (Wildman–Crippen LogP) is 3.09. The van der Waals surface area contributed by atoms with Crippen LogP contribution in [0.4, 0.5) is 11.4 Å². The first-order valence-corrected chi connectivity index (χ1v) is 11.9. The van der Waals surface area contributed by atoms with Crippen LogP contribution < -0.4 is 16.0 Å². The molecule has 1 aliphatic heterocycles. The van der Waals surface area contributed by atoms with E-state index >= 15 is 0 Å². The molecule has 4 rings (SSSR count). The second-order valence-corrected chi connectivity index (χ2v) is 9.01. The van der Waals surface area contributed by atoms with Gasteiger partial charge in [-0.2, -0.15) is 0 Å². The van der Waals surface area contributed by atoms with Crippen molar-refractivity contribution in [3.8, 4) is 0 Å². The van der Waals surface area contributed by atoms with E-state index in [1.54, 1.807) is 53.2 Å². The van der Waals surface area contributed by atoms with Gasteiger partial charge in [0.05, 0.1) is 6.42 Å². The molecule has 0 saturated heterocycles. The van der Waals surface area contributed by atoms with Gasteiger partial charge in [-0.3, -0.25) is 19.8 Å². The number of amides is 2. The average Bonchev–Trinajstić information content (AvgIpc) is 2.98. The summed E-state index contributed by atoms with van der Waals surface area (Å²) >= 11 is 0. The van der Waals surface area contributed by atoms with E-state index in [2.05, 4.69) is 5.32 Å². The van der Waals surface area contributed by atoms with Crippen LogP contribution >= 0.6 is 0 Å². The molecule has 0 saturated carbocycles. The normalized spacial score (nSPS) is 15.1. The van der Waals surface area contributed by atoms with Crippen molar-refractivity contribution in [3.63, 3.8) is 0 Å². The minimum atomic E-state index is -1.05. The maximum atomic E-state index is 13.4. The van der Waals surface area contributed by atoms with Crippen LogP contribution in [0.3, 0.4) is 0 Å². The first kappa shape index (κ1) is 25.4. The fourth-order valence-electron chi connectivity index (χ4n) is 4.45. The summed E-state index contributed by atoms with van der Waals surface area (Å²) in [6.45, 7) is 0.726. The lowest BCUT2D eigenvalue weighted by molar-refractivity contribution is -0.142. The molecule has 0 bridgehead atoms. The summed E-state index contributed by atoms with van der Waals surface area (Å²) in [6, 6.07) is 20.7. The van der Waals surface area contributed by atoms with Crippen molar-refractivity contribution in [1.29, 1.82) is 5.41 Å². The van der Waals surface area contributed by atoms with Gasteiger partial charge in [0, 0.05) is 42.6 Å². The first-order valence-electron chi connectivity index (χ1n) is 11.9. The number of likely N-dealkylation sites (N-methyl/N-ethyl adjacent to an activating group) is 1. The van der Waals surface area contributed by atoms with Gasteiger partial charge >= 0.3 is 5.97 Å². The number of nitrogen functional groups attached to an aromatic ring is 1. The van der Waals surface area contributed by atoms with E-state index in [4.69, 9.17) is 11.1 Å². The second kappa shape index (κ2) is 10.9. The molecule has 0 fully saturated rings. The minimum absolute atomic E-state index is 0.0746. The van der Waals surface area contributed by atoms with Crippen molar-refractivity contribution in [2.75, 3.05) is 23.8 Å². The molecule has 0 aromatic heterocycles. The van der Waals surface area contributed by atoms with Crippen LogP contribution in [0.1, 0.15) is 33.5 Å². The number of carboxylic acid groups (broad SMARTS) is 1. The Morgan fingerprint density at radius 2 is 1.73 bits per heavy atom. The smallest absolute Gasteiger partial charge is 0.305 e. The summed E-state index contributed by atoms with van der Waals surface area (Å²) < 4.78 is 0. The van der Waals surface area contributed by atoms with Crippen LogP contribution in [0.2, 0.25) is 0 Å². The van der Waals surface area contributed by atoms with Crippen LogP contribution in [-0.2, 0) is 22.6 Å². The van der Waals surface area contributed by atoms with E-state index in [9.17, 15) is 19.5 Å². The van der Waals surface area contributed by atoms with Gasteiger partial charge in [0.15, 0.2) is 0 Å². The van der Waals surface area contributed by atoms with Gasteiger partial charge in [0.2, 0.25) is 5.91 Å². The fraction of sp³-hybridized carbons (Fsp3) is 0.214. The summed E-state index contributed by atoms with van der Waals surface area (Å²) in [5.41, 5.74) is 9.61. The van der Waals surface area contributed by atoms with Gasteiger partial charge in [0.1, 0.15) is 11.9 Å². The Balaban J connectivity index is 1.59. The largest absolute Gasteiger partial charge is 0.481 e. The number of amidine groups is 1. The van der Waals surface area contributed by atoms with Gasteiger partial charge in [-0.15, -0.1) is 0 Å². The Hall–Kier alpha value is -4.66. The number of rotatable bonds is 8. The van der Waals surface area contributed by atoms with Crippen molar-refractivity contribution in [2.24, 2.45) is 5.73 Å². The number of hydrogen-bond donors (Lipinski definition) is 4. The van der Waals surface area contributed by atoms with E-state index in [-0.39, 0.29) is 24.1 Å². The molecular formula is C28H29N5O4. The summed E-state index contributed by atoms with van der Waals surface area (Å²) in [5, 5.41) is 19.8. The second-order valence-electron chi connectivity index (χ2n) is 9.01. The number of carbonyl (C=O) groups excluding carboxylic acids is 2. The molecule has 0 radical (unpaired) electrons. The van der Waals surface area contributed by atoms with Gasteiger partial charge < -0.3 is 26.0 Å². The van der Waals surface area contributed by atoms with Crippen molar-refractivity contribution >= 4 is 35.0 Å². The van der Waals surface area contributed by atoms with Crippen molar-refractivity contribution in [2.45, 2.75) is 25.4 Å². The number of carbonyl (C=O) groups is 3. The molecule has 3 aromatic rings. The number of benzene rings is 3. The number of aliphatic carboxylic acids is 1. The molecule has 0 aliphatic carbocycles. The van der Waals surface area contributed by atoms with E-state index in [1.165, 1.54) is 0 Å². The van der Waals surface area contributed by atoms with E-state index in [0.29, 0.717) is 36.3 Å². The van der Waals surface area contributed by atoms with E-state index < -0.39 is 12.0 Å². The Kier molecular flexibility index (Phi) is 7.52. The lowest BCUT2D eigenvalue weighted by Crippen LogP contribution is -2.46. The molecule has 190 valence electrons. The zero-order valence-corrected chi connectivity index (χ0v) is 20.5. The number of nitrogens with zero attached hydrogens (tertiary/aromatic N) is 2. The molecule has 5 N–H and O–H groups in total. The van der Waals surface area contributed by atoms with E-state index in [0.717, 1.165) is 16.8 Å². The zero-order chi connectivity index (χ0) is 26.5. The third kappa shape index (κ3) is 5.95. The van der Waals surface area contributed by atoms with Crippen molar-refractivity contribution < 1.29 is 19.5 Å². The Bertz CT molecular complexity index is 1320. The van der Waals surface area contributed by atoms with Gasteiger partial charge in [-0.25, -0.2) is 0 Å². The molecule has 1 heterocycles. The third-order valence-corrected chi connectivity index (χ3v) is 6.48. The predicted molar refractivity (Wildman–Crippen MR) is 142 cm³/mol. The Labute approximate surface area is 215 Å². The summed E-state index contributed by atoms with van der Waals surface area (Å²) in [5.74, 6) is -1.68. The van der Waals surface area contributed by atoms with Crippen molar-refractivity contribution in [3.05, 3.63) is 95.1 Å². The molecule has 1 unspecified atom stereocenters. The van der Waals surface area contributed by atoms with Crippen LogP contribution in [-0.4, -0.2) is 53.3 Å². The molecule has 0 spiro atoms. The molecule has 9 nitrogen and oxygen atoms in total. The maximum Gasteiger partial charge on any atom is 0.305 e. The highest BCUT2D eigenvalue weighted by Crippen LogP contribution is 2.31. The zero-order valence-electron chi connectivity index (χ0n) is 20.5. The maximum absolute atomic E-state index is 13.4. The summed E-state index contributed by atoms with van der Waals surface area (Å²) in [7, 11) is 1.72. The van der Waals surface area contributed by atoms with Gasteiger partial charge in [-0.05, 0) is 47.9 Å². The number of nitrogens with one attached hydrogen (secondary N) is 2. The highest BCUT2D eigenvalue weighted by molar-refractivity contribution is 6.05. The summed E-state index contributed by atoms with van der Waals surface area (Å²) in [4.78, 5) is 41.2. The lowest BCUT2D eigenvalue weighted by Gasteiger charge is -2.29.